The fourth-order valence-electron chi connectivity index (χ4n) is 2.09. The van der Waals surface area contributed by atoms with Crippen LogP contribution in [0.15, 0.2) is 46.9 Å². The topological polar surface area (TPSA) is 56.8 Å². The molecule has 0 spiro atoms. The average molecular weight is 392 g/mol. The SMILES string of the molecule is COc1cc(C=CC(=O)Nc2ccc(Br)cc2)cc(OC)c1OC. The molecule has 24 heavy (non-hydrogen) atoms. The first-order valence-electron chi connectivity index (χ1n) is 7.12. The second kappa shape index (κ2) is 8.40. The Kier molecular flexibility index (Phi) is 6.26. The van der Waals surface area contributed by atoms with Gasteiger partial charge in [-0.2, -0.15) is 0 Å². The van der Waals surface area contributed by atoms with Crippen LogP contribution < -0.4 is 19.5 Å². The number of rotatable bonds is 6. The zero-order valence-corrected chi connectivity index (χ0v) is 15.2. The van der Waals surface area contributed by atoms with Crippen molar-refractivity contribution < 1.29 is 19.0 Å². The van der Waals surface area contributed by atoms with Crippen LogP contribution in [0.4, 0.5) is 5.69 Å². The molecule has 0 atom stereocenters. The van der Waals surface area contributed by atoms with Crippen molar-refractivity contribution in [1.82, 2.24) is 0 Å². The van der Waals surface area contributed by atoms with E-state index in [4.69, 9.17) is 14.2 Å². The van der Waals surface area contributed by atoms with Crippen LogP contribution >= 0.6 is 15.9 Å². The molecule has 0 saturated carbocycles. The fraction of sp³-hybridized carbons (Fsp3) is 0.167. The number of nitrogens with one attached hydrogen (secondary N) is 1. The lowest BCUT2D eigenvalue weighted by Gasteiger charge is -2.12. The lowest BCUT2D eigenvalue weighted by molar-refractivity contribution is -0.111. The van der Waals surface area contributed by atoms with Gasteiger partial charge in [-0.25, -0.2) is 0 Å². The number of carbonyl (C=O) groups is 1. The standard InChI is InChI=1S/C18H18BrNO4/c1-22-15-10-12(11-16(23-2)18(15)24-3)4-9-17(21)20-14-7-5-13(19)6-8-14/h4-11H,1-3H3,(H,20,21). The van der Waals surface area contributed by atoms with Gasteiger partial charge in [0.05, 0.1) is 21.3 Å². The number of benzene rings is 2. The molecule has 6 heteroatoms. The molecule has 0 bridgehead atoms. The normalized spacial score (nSPS) is 10.5. The first-order chi connectivity index (χ1) is 11.6. The molecule has 0 unspecified atom stereocenters. The van der Waals surface area contributed by atoms with Crippen molar-refractivity contribution >= 4 is 33.6 Å². The van der Waals surface area contributed by atoms with Gasteiger partial charge in [0, 0.05) is 16.2 Å². The highest BCUT2D eigenvalue weighted by Gasteiger charge is 2.12. The van der Waals surface area contributed by atoms with Gasteiger partial charge in [0.15, 0.2) is 11.5 Å². The van der Waals surface area contributed by atoms with Crippen molar-refractivity contribution in [3.8, 4) is 17.2 Å². The van der Waals surface area contributed by atoms with Gasteiger partial charge >= 0.3 is 0 Å². The number of amides is 1. The summed E-state index contributed by atoms with van der Waals surface area (Å²) in [5.74, 6) is 1.34. The first kappa shape index (κ1) is 17.9. The first-order valence-corrected chi connectivity index (χ1v) is 7.91. The Bertz CT molecular complexity index is 716. The summed E-state index contributed by atoms with van der Waals surface area (Å²) >= 11 is 3.35. The molecule has 0 aliphatic heterocycles. The van der Waals surface area contributed by atoms with Crippen LogP contribution in [0.1, 0.15) is 5.56 Å². The molecule has 2 rings (SSSR count). The van der Waals surface area contributed by atoms with Gasteiger partial charge in [-0.05, 0) is 48.0 Å². The zero-order chi connectivity index (χ0) is 17.5. The number of halogens is 1. The summed E-state index contributed by atoms with van der Waals surface area (Å²) in [6, 6.07) is 10.9. The molecule has 0 fully saturated rings. The van der Waals surface area contributed by atoms with E-state index in [2.05, 4.69) is 21.2 Å². The summed E-state index contributed by atoms with van der Waals surface area (Å²) in [6.07, 6.45) is 3.13. The van der Waals surface area contributed by atoms with E-state index in [1.54, 1.807) is 39.5 Å². The van der Waals surface area contributed by atoms with E-state index in [1.807, 2.05) is 24.3 Å². The number of carbonyl (C=O) groups excluding carboxylic acids is 1. The molecular formula is C18H18BrNO4. The van der Waals surface area contributed by atoms with E-state index in [0.717, 1.165) is 15.7 Å². The highest BCUT2D eigenvalue weighted by Crippen LogP contribution is 2.38. The summed E-state index contributed by atoms with van der Waals surface area (Å²) in [7, 11) is 4.64. The highest BCUT2D eigenvalue weighted by atomic mass is 79.9. The molecular weight excluding hydrogens is 374 g/mol. The lowest BCUT2D eigenvalue weighted by Crippen LogP contribution is -2.07. The van der Waals surface area contributed by atoms with E-state index in [9.17, 15) is 4.79 Å². The number of hydrogen-bond donors (Lipinski definition) is 1. The summed E-state index contributed by atoms with van der Waals surface area (Å²) < 4.78 is 16.8. The predicted octanol–water partition coefficient (Wildman–Crippen LogP) is 4.13. The van der Waals surface area contributed by atoms with E-state index >= 15 is 0 Å². The molecule has 0 aliphatic rings. The number of methoxy groups -OCH3 is 3. The van der Waals surface area contributed by atoms with Crippen molar-refractivity contribution in [2.75, 3.05) is 26.6 Å². The molecule has 0 aromatic heterocycles. The third-order valence-electron chi connectivity index (χ3n) is 3.23. The number of hydrogen-bond acceptors (Lipinski definition) is 4. The van der Waals surface area contributed by atoms with Crippen LogP contribution in [0.3, 0.4) is 0 Å². The third-order valence-corrected chi connectivity index (χ3v) is 3.75. The molecule has 0 saturated heterocycles. The van der Waals surface area contributed by atoms with Gasteiger partial charge < -0.3 is 19.5 Å². The largest absolute Gasteiger partial charge is 0.493 e. The molecule has 126 valence electrons. The van der Waals surface area contributed by atoms with Crippen LogP contribution in [0.2, 0.25) is 0 Å². The molecule has 1 N–H and O–H groups in total. The predicted molar refractivity (Wildman–Crippen MR) is 97.9 cm³/mol. The van der Waals surface area contributed by atoms with Crippen LogP contribution in [-0.4, -0.2) is 27.2 Å². The number of ether oxygens (including phenoxy) is 3. The summed E-state index contributed by atoms with van der Waals surface area (Å²) in [5.41, 5.74) is 1.48. The second-order valence-electron chi connectivity index (χ2n) is 4.79. The Balaban J connectivity index is 2.15. The lowest BCUT2D eigenvalue weighted by atomic mass is 10.1. The second-order valence-corrected chi connectivity index (χ2v) is 5.70. The zero-order valence-electron chi connectivity index (χ0n) is 13.6. The summed E-state index contributed by atoms with van der Waals surface area (Å²) in [6.45, 7) is 0. The van der Waals surface area contributed by atoms with Crippen molar-refractivity contribution in [3.63, 3.8) is 0 Å². The minimum absolute atomic E-state index is 0.230. The van der Waals surface area contributed by atoms with Crippen LogP contribution in [0, 0.1) is 0 Å². The van der Waals surface area contributed by atoms with Crippen molar-refractivity contribution in [2.24, 2.45) is 0 Å². The Morgan fingerprint density at radius 2 is 1.58 bits per heavy atom. The fourth-order valence-corrected chi connectivity index (χ4v) is 2.35. The molecule has 0 heterocycles. The van der Waals surface area contributed by atoms with Crippen LogP contribution in [0.25, 0.3) is 6.08 Å². The van der Waals surface area contributed by atoms with Crippen LogP contribution in [0.5, 0.6) is 17.2 Å². The maximum atomic E-state index is 12.0. The van der Waals surface area contributed by atoms with Gasteiger partial charge in [0.1, 0.15) is 0 Å². The van der Waals surface area contributed by atoms with E-state index in [0.29, 0.717) is 17.2 Å². The van der Waals surface area contributed by atoms with Gasteiger partial charge in [-0.1, -0.05) is 15.9 Å². The quantitative estimate of drug-likeness (QED) is 0.752. The molecule has 2 aromatic carbocycles. The van der Waals surface area contributed by atoms with Gasteiger partial charge in [-0.15, -0.1) is 0 Å². The van der Waals surface area contributed by atoms with E-state index < -0.39 is 0 Å². The van der Waals surface area contributed by atoms with Gasteiger partial charge in [0.25, 0.3) is 0 Å². The van der Waals surface area contributed by atoms with Gasteiger partial charge in [0.2, 0.25) is 11.7 Å². The molecule has 0 radical (unpaired) electrons. The summed E-state index contributed by atoms with van der Waals surface area (Å²) in [4.78, 5) is 12.0. The average Bonchev–Trinajstić information content (AvgIpc) is 2.60. The monoisotopic (exact) mass is 391 g/mol. The molecule has 1 amide bonds. The smallest absolute Gasteiger partial charge is 0.248 e. The van der Waals surface area contributed by atoms with Crippen molar-refractivity contribution in [3.05, 3.63) is 52.5 Å². The Hall–Kier alpha value is -2.47. The number of anilines is 1. The van der Waals surface area contributed by atoms with Crippen molar-refractivity contribution in [2.45, 2.75) is 0 Å². The van der Waals surface area contributed by atoms with Crippen LogP contribution in [-0.2, 0) is 4.79 Å². The van der Waals surface area contributed by atoms with Gasteiger partial charge in [-0.3, -0.25) is 4.79 Å². The Morgan fingerprint density at radius 1 is 1.00 bits per heavy atom. The van der Waals surface area contributed by atoms with E-state index in [-0.39, 0.29) is 5.91 Å². The molecule has 0 aliphatic carbocycles. The highest BCUT2D eigenvalue weighted by molar-refractivity contribution is 9.10. The Labute approximate surface area is 149 Å². The minimum atomic E-state index is -0.230. The van der Waals surface area contributed by atoms with Crippen molar-refractivity contribution in [1.29, 1.82) is 0 Å². The molecule has 2 aromatic rings. The summed E-state index contributed by atoms with van der Waals surface area (Å²) in [5, 5.41) is 2.79. The Morgan fingerprint density at radius 3 is 2.08 bits per heavy atom. The third kappa shape index (κ3) is 4.52. The minimum Gasteiger partial charge on any atom is -0.493 e. The maximum Gasteiger partial charge on any atom is 0.248 e. The molecule has 5 nitrogen and oxygen atoms in total. The maximum absolute atomic E-state index is 12.0. The van der Waals surface area contributed by atoms with E-state index in [1.165, 1.54) is 6.08 Å².